The van der Waals surface area contributed by atoms with Crippen LogP contribution in [0.25, 0.3) is 11.1 Å². The third kappa shape index (κ3) is 20.2. The minimum Gasteiger partial charge on any atom is -0.469 e. The molecule has 1 aliphatic carbocycles. The number of halogens is 1. The van der Waals surface area contributed by atoms with Crippen molar-refractivity contribution in [3.8, 4) is 11.1 Å². The molecule has 7 rings (SSSR count). The van der Waals surface area contributed by atoms with E-state index in [0.717, 1.165) is 29.4 Å². The molecule has 22 nitrogen and oxygen atoms in total. The van der Waals surface area contributed by atoms with Gasteiger partial charge in [-0.2, -0.15) is 0 Å². The maximum atomic E-state index is 14.2. The van der Waals surface area contributed by atoms with Crippen LogP contribution in [0.1, 0.15) is 100 Å². The summed E-state index contributed by atoms with van der Waals surface area (Å²) in [6, 6.07) is 19.5. The van der Waals surface area contributed by atoms with Gasteiger partial charge in [0.2, 0.25) is 5.79 Å². The van der Waals surface area contributed by atoms with Crippen LogP contribution in [-0.4, -0.2) is 192 Å². The van der Waals surface area contributed by atoms with E-state index >= 15 is 0 Å². The Balaban J connectivity index is 1.18. The van der Waals surface area contributed by atoms with Crippen LogP contribution in [0.15, 0.2) is 158 Å². The first-order chi connectivity index (χ1) is 44.4. The molecule has 2 bridgehead atoms. The fourth-order valence-electron chi connectivity index (χ4n) is 11.9. The Hall–Kier alpha value is -6.71. The summed E-state index contributed by atoms with van der Waals surface area (Å²) in [5, 5.41) is 117. The third-order valence-corrected chi connectivity index (χ3v) is 17.5. The highest BCUT2D eigenvalue weighted by molar-refractivity contribution is 6.30. The molecule has 3 aromatic rings. The SMILES string of the molecule is COC(=O)C1C2CC(OC3OC(C)C(O)C(NC(=O)OCC4c5ccccc5-c5ccccc54)C3O)/C=C/C=C/C=C/C=C/C=C/C=C/C=C/C(C)C(O)C(C)C(C)OC(=O)CC(O)CC(O)CCC(O)C(O)CC(O)CC(OC(=O)c3cccc(Cl)c3)(O2)C(O)C1O. The number of fused-ring (bicyclic) bond motifs is 5. The van der Waals surface area contributed by atoms with E-state index in [-0.39, 0.29) is 48.3 Å². The standard InChI is InChI=1S/C70H88ClNO21/c1-40-23-16-14-12-10-8-6-7-9-11-13-15-17-26-49(91-68-64(82)60(62(80)43(4)90-68)72-69(86)88-39-54-52-29-20-18-27-50(52)51-28-19-21-30-53(51)54)37-57-59(67(85)87-5)63(81)65(83)70(92-57,93-66(84)44-24-22-25-45(71)33-44)38-48(75)35-56(77)55(76)32-31-46(73)34-47(74)36-58(78)89-42(3)41(2)61(40)79/h6-30,33,40-43,46-49,54-57,59-65,68,73-77,79-83H,31-32,34-39H2,1-5H3,(H,72,86)/b7-6+,10-8+,11-9+,14-12+,15-13+,23-16+,26-17+. The molecule has 3 aromatic carbocycles. The number of carbonyl (C=O) groups is 4. The molecule has 506 valence electrons. The first kappa shape index (κ1) is 73.7. The number of amides is 1. The Labute approximate surface area is 546 Å². The minimum atomic E-state index is -2.80. The third-order valence-electron chi connectivity index (χ3n) is 17.3. The predicted molar refractivity (Wildman–Crippen MR) is 341 cm³/mol. The molecule has 0 spiro atoms. The van der Waals surface area contributed by atoms with Crippen molar-refractivity contribution in [1.29, 1.82) is 0 Å². The topological polar surface area (TPSA) is 347 Å². The molecule has 1 amide bonds. The van der Waals surface area contributed by atoms with Crippen molar-refractivity contribution in [3.05, 3.63) is 180 Å². The lowest BCUT2D eigenvalue weighted by Gasteiger charge is -2.49. The van der Waals surface area contributed by atoms with E-state index in [1.54, 1.807) is 80.7 Å². The Kier molecular flexibility index (Phi) is 27.9. The first-order valence-electron chi connectivity index (χ1n) is 31.3. The van der Waals surface area contributed by atoms with Crippen molar-refractivity contribution in [1.82, 2.24) is 5.32 Å². The number of ether oxygens (including phenoxy) is 7. The number of cyclic esters (lactones) is 1. The van der Waals surface area contributed by atoms with Crippen LogP contribution in [0, 0.1) is 17.8 Å². The fraction of sp³-hybridized carbons (Fsp3) is 0.486. The zero-order chi connectivity index (χ0) is 67.5. The number of aliphatic hydroxyl groups is 10. The largest absolute Gasteiger partial charge is 0.469 e. The lowest BCUT2D eigenvalue weighted by atomic mass is 9.80. The number of aliphatic hydroxyl groups excluding tert-OH is 10. The Bertz CT molecular complexity index is 3120. The summed E-state index contributed by atoms with van der Waals surface area (Å²) < 4.78 is 41.4. The van der Waals surface area contributed by atoms with Gasteiger partial charge in [-0.15, -0.1) is 0 Å². The average molecular weight is 1310 g/mol. The van der Waals surface area contributed by atoms with E-state index < -0.39 is 165 Å². The van der Waals surface area contributed by atoms with E-state index in [1.165, 1.54) is 43.3 Å². The van der Waals surface area contributed by atoms with Crippen LogP contribution < -0.4 is 5.32 Å². The zero-order valence-corrected chi connectivity index (χ0v) is 53.3. The summed E-state index contributed by atoms with van der Waals surface area (Å²) in [6.07, 6.45) is -3.80. The minimum absolute atomic E-state index is 0.0891. The molecule has 23 heteroatoms. The molecule has 11 N–H and O–H groups in total. The molecule has 93 heavy (non-hydrogen) atoms. The summed E-state index contributed by atoms with van der Waals surface area (Å²) in [7, 11) is 1.01. The van der Waals surface area contributed by atoms with Gasteiger partial charge < -0.3 is 89.5 Å². The fourth-order valence-corrected chi connectivity index (χ4v) is 12.1. The number of hydrogen-bond donors (Lipinski definition) is 11. The summed E-state index contributed by atoms with van der Waals surface area (Å²) in [6.45, 7) is 6.56. The molecule has 2 saturated heterocycles. The molecule has 0 aromatic heterocycles. The van der Waals surface area contributed by atoms with E-state index in [4.69, 9.17) is 44.8 Å². The van der Waals surface area contributed by atoms with Crippen LogP contribution >= 0.6 is 11.6 Å². The van der Waals surface area contributed by atoms with E-state index in [9.17, 15) is 70.2 Å². The zero-order valence-electron chi connectivity index (χ0n) is 52.6. The number of methoxy groups -OCH3 is 1. The number of nitrogens with one attached hydrogen (secondary N) is 1. The number of esters is 3. The van der Waals surface area contributed by atoms with Gasteiger partial charge >= 0.3 is 24.0 Å². The highest BCUT2D eigenvalue weighted by atomic mass is 35.5. The van der Waals surface area contributed by atoms with Gasteiger partial charge in [-0.05, 0) is 73.6 Å². The maximum absolute atomic E-state index is 14.2. The smallest absolute Gasteiger partial charge is 0.407 e. The highest BCUT2D eigenvalue weighted by Gasteiger charge is 2.60. The van der Waals surface area contributed by atoms with Crippen molar-refractivity contribution < 1.29 is 103 Å². The summed E-state index contributed by atoms with van der Waals surface area (Å²) >= 11 is 6.26. The van der Waals surface area contributed by atoms with Crippen molar-refractivity contribution in [2.24, 2.45) is 17.8 Å². The van der Waals surface area contributed by atoms with E-state index in [1.807, 2.05) is 61.5 Å². The van der Waals surface area contributed by atoms with Crippen molar-refractivity contribution in [2.45, 2.75) is 182 Å². The number of allylic oxidation sites excluding steroid dienone is 12. The van der Waals surface area contributed by atoms with Gasteiger partial charge in [0.1, 0.15) is 43.0 Å². The second-order valence-electron chi connectivity index (χ2n) is 24.1. The monoisotopic (exact) mass is 1310 g/mol. The van der Waals surface area contributed by atoms with E-state index in [2.05, 4.69) is 5.32 Å². The van der Waals surface area contributed by atoms with Gasteiger partial charge in [0, 0.05) is 42.0 Å². The number of rotatable bonds is 8. The second-order valence-corrected chi connectivity index (χ2v) is 24.5. The van der Waals surface area contributed by atoms with Gasteiger partial charge in [0.05, 0.1) is 80.1 Å². The normalized spacial score (nSPS) is 36.4. The van der Waals surface area contributed by atoms with Crippen molar-refractivity contribution >= 4 is 35.6 Å². The number of benzene rings is 3. The van der Waals surface area contributed by atoms with Gasteiger partial charge in [-0.25, -0.2) is 9.59 Å². The number of alkyl carbamates (subject to hydrolysis) is 1. The Morgan fingerprint density at radius 2 is 1.25 bits per heavy atom. The molecule has 4 aliphatic rings. The molecule has 0 radical (unpaired) electrons. The quantitative estimate of drug-likeness (QED) is 0.0928. The van der Waals surface area contributed by atoms with Gasteiger partial charge in [0.15, 0.2) is 6.29 Å². The lowest BCUT2D eigenvalue weighted by Crippen LogP contribution is -2.66. The van der Waals surface area contributed by atoms with Gasteiger partial charge in [-0.3, -0.25) is 9.59 Å². The summed E-state index contributed by atoms with van der Waals surface area (Å²) in [5.74, 6) is -8.83. The van der Waals surface area contributed by atoms with Crippen LogP contribution in [0.5, 0.6) is 0 Å². The second kappa shape index (κ2) is 35.2. The van der Waals surface area contributed by atoms with Crippen molar-refractivity contribution in [3.63, 3.8) is 0 Å². The molecule has 0 saturated carbocycles. The summed E-state index contributed by atoms with van der Waals surface area (Å²) in [5.41, 5.74) is 3.72. The lowest BCUT2D eigenvalue weighted by molar-refractivity contribution is -0.345. The van der Waals surface area contributed by atoms with Crippen molar-refractivity contribution in [2.75, 3.05) is 13.7 Å². The van der Waals surface area contributed by atoms with Crippen LogP contribution in [0.4, 0.5) is 4.79 Å². The maximum Gasteiger partial charge on any atom is 0.407 e. The highest BCUT2D eigenvalue weighted by Crippen LogP contribution is 2.45. The average Bonchev–Trinajstić information content (AvgIpc) is 1.25. The van der Waals surface area contributed by atoms with E-state index in [0.29, 0.717) is 0 Å². The van der Waals surface area contributed by atoms with Crippen LogP contribution in [-0.2, 0) is 42.7 Å². The molecule has 20 unspecified atom stereocenters. The van der Waals surface area contributed by atoms with Crippen LogP contribution in [0.2, 0.25) is 5.02 Å². The molecule has 2 fully saturated rings. The predicted octanol–water partition coefficient (Wildman–Crippen LogP) is 5.87. The van der Waals surface area contributed by atoms with Gasteiger partial charge in [-0.1, -0.05) is 165 Å². The summed E-state index contributed by atoms with van der Waals surface area (Å²) in [4.78, 5) is 54.6. The Morgan fingerprint density at radius 3 is 1.86 bits per heavy atom. The number of carbonyl (C=O) groups excluding carboxylic acids is 4. The van der Waals surface area contributed by atoms with Crippen LogP contribution in [0.3, 0.4) is 0 Å². The van der Waals surface area contributed by atoms with Gasteiger partial charge in [0.25, 0.3) is 0 Å². The molecular weight excluding hydrogens is 1230 g/mol. The number of hydrogen-bond acceptors (Lipinski definition) is 21. The molecule has 20 atom stereocenters. The Morgan fingerprint density at radius 1 is 0.645 bits per heavy atom. The molecule has 3 heterocycles. The molecule has 3 aliphatic heterocycles. The molecular formula is C70H88ClNO21. The first-order valence-corrected chi connectivity index (χ1v) is 31.6.